The van der Waals surface area contributed by atoms with Crippen LogP contribution in [0, 0.1) is 0 Å². The number of rotatable bonds is 5. The van der Waals surface area contributed by atoms with E-state index in [4.69, 9.17) is 32.4 Å². The van der Waals surface area contributed by atoms with Crippen molar-refractivity contribution in [2.45, 2.75) is 26.2 Å². The zero-order valence-corrected chi connectivity index (χ0v) is 20.5. The molecular weight excluding hydrogens is 473 g/mol. The molecule has 174 valence electrons. The normalized spacial score (nSPS) is 11.4. The van der Waals surface area contributed by atoms with Crippen LogP contribution < -0.4 is 15.5 Å². The van der Waals surface area contributed by atoms with Gasteiger partial charge < -0.3 is 14.5 Å². The van der Waals surface area contributed by atoms with E-state index < -0.39 is 17.9 Å². The number of halogens is 2. The number of hydrogen-bond acceptors (Lipinski definition) is 4. The predicted molar refractivity (Wildman–Crippen MR) is 137 cm³/mol. The van der Waals surface area contributed by atoms with Crippen LogP contribution in [0.15, 0.2) is 75.9 Å². The van der Waals surface area contributed by atoms with Crippen LogP contribution in [0.3, 0.4) is 0 Å². The van der Waals surface area contributed by atoms with Gasteiger partial charge in [-0.2, -0.15) is 0 Å². The highest BCUT2D eigenvalue weighted by molar-refractivity contribution is 6.33. The van der Waals surface area contributed by atoms with Crippen molar-refractivity contribution in [3.05, 3.63) is 92.6 Å². The van der Waals surface area contributed by atoms with Gasteiger partial charge in [-0.15, -0.1) is 0 Å². The molecule has 0 radical (unpaired) electrons. The summed E-state index contributed by atoms with van der Waals surface area (Å²) in [5, 5.41) is 3.74. The van der Waals surface area contributed by atoms with E-state index in [0.717, 1.165) is 5.56 Å². The number of hydrogen-bond donors (Lipinski definition) is 1. The number of nitrogens with one attached hydrogen (secondary N) is 1. The summed E-state index contributed by atoms with van der Waals surface area (Å²) in [6.07, 6.45) is 0. The Labute approximate surface area is 207 Å². The molecule has 0 aliphatic heterocycles. The van der Waals surface area contributed by atoms with E-state index in [9.17, 15) is 9.59 Å². The maximum absolute atomic E-state index is 13.3. The maximum atomic E-state index is 13.3. The van der Waals surface area contributed by atoms with Gasteiger partial charge in [0, 0.05) is 10.6 Å². The first-order valence-electron chi connectivity index (χ1n) is 10.7. The minimum absolute atomic E-state index is 0.0321. The molecule has 4 aromatic rings. The molecule has 0 unspecified atom stereocenters. The fraction of sp³-hybridized carbons (Fsp3) is 0.185. The minimum atomic E-state index is -0.465. The van der Waals surface area contributed by atoms with E-state index >= 15 is 0 Å². The summed E-state index contributed by atoms with van der Waals surface area (Å²) in [4.78, 5) is 25.9. The lowest BCUT2D eigenvalue weighted by atomic mass is 9.86. The predicted octanol–water partition coefficient (Wildman–Crippen LogP) is 7.08. The highest BCUT2D eigenvalue weighted by Gasteiger charge is 2.21. The number of anilines is 1. The van der Waals surface area contributed by atoms with Crippen LogP contribution in [-0.2, 0) is 10.2 Å². The van der Waals surface area contributed by atoms with Crippen molar-refractivity contribution in [3.8, 4) is 17.1 Å². The van der Waals surface area contributed by atoms with Gasteiger partial charge in [-0.1, -0.05) is 80.4 Å². The Bertz CT molecular complexity index is 1420. The first kappa shape index (κ1) is 23.9. The van der Waals surface area contributed by atoms with E-state index in [1.165, 1.54) is 6.07 Å². The van der Waals surface area contributed by atoms with Crippen molar-refractivity contribution in [1.29, 1.82) is 0 Å². The second-order valence-electron chi connectivity index (χ2n) is 8.87. The Morgan fingerprint density at radius 3 is 2.38 bits per heavy atom. The van der Waals surface area contributed by atoms with Gasteiger partial charge in [0.1, 0.15) is 5.58 Å². The summed E-state index contributed by atoms with van der Waals surface area (Å²) < 4.78 is 11.8. The lowest BCUT2D eigenvalue weighted by molar-refractivity contribution is -0.118. The van der Waals surface area contributed by atoms with Gasteiger partial charge in [-0.3, -0.25) is 9.59 Å². The Kier molecular flexibility index (Phi) is 6.69. The van der Waals surface area contributed by atoms with Crippen molar-refractivity contribution in [1.82, 2.24) is 0 Å². The van der Waals surface area contributed by atoms with Crippen LogP contribution in [0.1, 0.15) is 26.3 Å². The monoisotopic (exact) mass is 495 g/mol. The molecule has 5 nitrogen and oxygen atoms in total. The molecule has 0 spiro atoms. The average molecular weight is 496 g/mol. The molecule has 0 saturated heterocycles. The summed E-state index contributed by atoms with van der Waals surface area (Å²) >= 11 is 12.2. The topological polar surface area (TPSA) is 68.5 Å². The number of carbonyl (C=O) groups is 1. The van der Waals surface area contributed by atoms with Crippen LogP contribution in [0.2, 0.25) is 10.0 Å². The zero-order valence-electron chi connectivity index (χ0n) is 18.9. The molecule has 1 amide bonds. The minimum Gasteiger partial charge on any atom is -0.476 e. The van der Waals surface area contributed by atoms with Crippen LogP contribution in [0.25, 0.3) is 22.3 Å². The summed E-state index contributed by atoms with van der Waals surface area (Å²) in [7, 11) is 0. The number of amides is 1. The van der Waals surface area contributed by atoms with Crippen LogP contribution in [0.5, 0.6) is 5.75 Å². The molecule has 7 heteroatoms. The van der Waals surface area contributed by atoms with Crippen LogP contribution in [0.4, 0.5) is 5.69 Å². The molecule has 1 N–H and O–H groups in total. The first-order valence-corrected chi connectivity index (χ1v) is 11.4. The van der Waals surface area contributed by atoms with Crippen molar-refractivity contribution in [2.75, 3.05) is 11.9 Å². The summed E-state index contributed by atoms with van der Waals surface area (Å²) in [6.45, 7) is 5.95. The lowest BCUT2D eigenvalue weighted by Gasteiger charge is -2.19. The summed E-state index contributed by atoms with van der Waals surface area (Å²) in [6, 6.07) is 19.4. The van der Waals surface area contributed by atoms with E-state index in [0.29, 0.717) is 26.9 Å². The highest BCUT2D eigenvalue weighted by Crippen LogP contribution is 2.33. The molecule has 0 aliphatic carbocycles. The van der Waals surface area contributed by atoms with E-state index in [1.807, 2.05) is 24.3 Å². The zero-order chi connectivity index (χ0) is 24.5. The van der Waals surface area contributed by atoms with E-state index in [-0.39, 0.29) is 22.3 Å². The van der Waals surface area contributed by atoms with Gasteiger partial charge in [0.2, 0.25) is 11.2 Å². The maximum Gasteiger partial charge on any atom is 0.262 e. The first-order chi connectivity index (χ1) is 16.1. The summed E-state index contributed by atoms with van der Waals surface area (Å²) in [5.74, 6) is -0.286. The average Bonchev–Trinajstić information content (AvgIpc) is 2.80. The Hall–Kier alpha value is -3.28. The SMILES string of the molecule is CC(C)(C)c1ccc(-c2oc3ccc(Cl)cc3c(=O)c2OCC(=O)Nc2ccccc2Cl)cc1. The third-order valence-corrected chi connectivity index (χ3v) is 5.88. The van der Waals surface area contributed by atoms with Crippen molar-refractivity contribution in [2.24, 2.45) is 0 Å². The Morgan fingerprint density at radius 2 is 1.71 bits per heavy atom. The van der Waals surface area contributed by atoms with Crippen molar-refractivity contribution in [3.63, 3.8) is 0 Å². The summed E-state index contributed by atoms with van der Waals surface area (Å²) in [5.41, 5.74) is 2.17. The Balaban J connectivity index is 1.72. The molecule has 1 heterocycles. The smallest absolute Gasteiger partial charge is 0.262 e. The number of fused-ring (bicyclic) bond motifs is 1. The molecule has 1 aromatic heterocycles. The molecule has 0 bridgehead atoms. The molecule has 0 aliphatic rings. The number of benzene rings is 3. The van der Waals surface area contributed by atoms with E-state index in [2.05, 4.69) is 26.1 Å². The van der Waals surface area contributed by atoms with Gasteiger partial charge >= 0.3 is 0 Å². The van der Waals surface area contributed by atoms with Crippen LogP contribution in [-0.4, -0.2) is 12.5 Å². The largest absolute Gasteiger partial charge is 0.476 e. The number of para-hydroxylation sites is 1. The van der Waals surface area contributed by atoms with Gasteiger partial charge in [-0.25, -0.2) is 0 Å². The Morgan fingerprint density at radius 1 is 1.00 bits per heavy atom. The quantitative estimate of drug-likeness (QED) is 0.321. The number of carbonyl (C=O) groups excluding carboxylic acids is 1. The molecule has 0 fully saturated rings. The van der Waals surface area contributed by atoms with Crippen LogP contribution >= 0.6 is 23.2 Å². The molecule has 3 aromatic carbocycles. The third kappa shape index (κ3) is 5.11. The fourth-order valence-corrected chi connectivity index (χ4v) is 3.83. The standard InChI is InChI=1S/C27H23Cl2NO4/c1-27(2,3)17-10-8-16(9-11-17)25-26(24(32)19-14-18(28)12-13-22(19)34-25)33-15-23(31)30-21-7-5-4-6-20(21)29/h4-14H,15H2,1-3H3,(H,30,31). The molecule has 34 heavy (non-hydrogen) atoms. The second-order valence-corrected chi connectivity index (χ2v) is 9.72. The molecule has 0 saturated carbocycles. The van der Waals surface area contributed by atoms with Gasteiger partial charge in [0.05, 0.1) is 16.1 Å². The molecular formula is C27H23Cl2NO4. The second kappa shape index (κ2) is 9.53. The van der Waals surface area contributed by atoms with Gasteiger partial charge in [-0.05, 0) is 41.3 Å². The highest BCUT2D eigenvalue weighted by atomic mass is 35.5. The van der Waals surface area contributed by atoms with Crippen molar-refractivity contribution < 1.29 is 13.9 Å². The fourth-order valence-electron chi connectivity index (χ4n) is 3.48. The molecule has 0 atom stereocenters. The van der Waals surface area contributed by atoms with Gasteiger partial charge in [0.15, 0.2) is 12.4 Å². The van der Waals surface area contributed by atoms with Crippen molar-refractivity contribution >= 4 is 45.8 Å². The molecule has 4 rings (SSSR count). The lowest BCUT2D eigenvalue weighted by Crippen LogP contribution is -2.22. The number of ether oxygens (including phenoxy) is 1. The van der Waals surface area contributed by atoms with Gasteiger partial charge in [0.25, 0.3) is 5.91 Å². The third-order valence-electron chi connectivity index (χ3n) is 5.32. The van der Waals surface area contributed by atoms with E-state index in [1.54, 1.807) is 36.4 Å².